The molecule has 84 valence electrons. The number of carbonyl (C=O) groups is 1. The molecule has 1 aromatic rings. The van der Waals surface area contributed by atoms with Crippen molar-refractivity contribution in [3.8, 4) is 0 Å². The van der Waals surface area contributed by atoms with Crippen molar-refractivity contribution in [1.29, 1.82) is 0 Å². The molecular formula is C9H13ClN2O3. The Hall–Kier alpha value is -1.07. The maximum Gasteiger partial charge on any atom is 0.229 e. The number of hydrogen-bond donors (Lipinski definition) is 2. The Labute approximate surface area is 92.4 Å². The highest BCUT2D eigenvalue weighted by Gasteiger charge is 2.14. The summed E-state index contributed by atoms with van der Waals surface area (Å²) in [6.45, 7) is 2.25. The van der Waals surface area contributed by atoms with Crippen LogP contribution in [0.25, 0.3) is 0 Å². The number of aliphatic hydroxyl groups excluding tert-OH is 1. The van der Waals surface area contributed by atoms with E-state index in [4.69, 9.17) is 21.2 Å². The van der Waals surface area contributed by atoms with Gasteiger partial charge >= 0.3 is 0 Å². The van der Waals surface area contributed by atoms with Crippen LogP contribution in [0.1, 0.15) is 17.7 Å². The summed E-state index contributed by atoms with van der Waals surface area (Å²) in [5, 5.41) is 15.0. The second-order valence-corrected chi connectivity index (χ2v) is 3.47. The number of carbonyl (C=O) groups excluding carboxylic acids is 1. The second-order valence-electron chi connectivity index (χ2n) is 3.12. The minimum Gasteiger partial charge on any atom is -0.396 e. The van der Waals surface area contributed by atoms with E-state index >= 15 is 0 Å². The minimum atomic E-state index is -0.156. The lowest BCUT2D eigenvalue weighted by Gasteiger charge is -2.02. The van der Waals surface area contributed by atoms with Crippen LogP contribution < -0.4 is 5.32 Å². The lowest BCUT2D eigenvalue weighted by molar-refractivity contribution is -0.120. The number of amides is 1. The highest BCUT2D eigenvalue weighted by molar-refractivity contribution is 6.29. The molecule has 0 saturated carbocycles. The molecule has 15 heavy (non-hydrogen) atoms. The number of hydrogen-bond acceptors (Lipinski definition) is 4. The molecule has 0 bridgehead atoms. The van der Waals surface area contributed by atoms with Gasteiger partial charge in [0.25, 0.3) is 0 Å². The molecule has 0 aliphatic rings. The van der Waals surface area contributed by atoms with Crippen molar-refractivity contribution >= 4 is 17.5 Å². The zero-order valence-electron chi connectivity index (χ0n) is 8.42. The van der Waals surface area contributed by atoms with Gasteiger partial charge in [-0.1, -0.05) is 5.16 Å². The van der Waals surface area contributed by atoms with Gasteiger partial charge in [0.05, 0.1) is 12.1 Å². The van der Waals surface area contributed by atoms with Gasteiger partial charge in [-0.15, -0.1) is 0 Å². The first-order valence-electron chi connectivity index (χ1n) is 4.63. The van der Waals surface area contributed by atoms with E-state index in [0.717, 1.165) is 0 Å². The number of aromatic nitrogens is 1. The zero-order valence-corrected chi connectivity index (χ0v) is 9.17. The van der Waals surface area contributed by atoms with Gasteiger partial charge in [0.15, 0.2) is 0 Å². The first-order valence-corrected chi connectivity index (χ1v) is 5.01. The fourth-order valence-corrected chi connectivity index (χ4v) is 1.33. The van der Waals surface area contributed by atoms with Crippen LogP contribution in [0.15, 0.2) is 4.52 Å². The summed E-state index contributed by atoms with van der Waals surface area (Å²) in [7, 11) is 0. The van der Waals surface area contributed by atoms with Gasteiger partial charge in [0.2, 0.25) is 11.1 Å². The normalized spacial score (nSPS) is 10.3. The largest absolute Gasteiger partial charge is 0.396 e. The van der Waals surface area contributed by atoms with Crippen LogP contribution in [-0.4, -0.2) is 29.3 Å². The number of nitrogens with zero attached hydrogens (tertiary/aromatic N) is 1. The molecule has 6 heteroatoms. The summed E-state index contributed by atoms with van der Waals surface area (Å²) >= 11 is 5.70. The van der Waals surface area contributed by atoms with Crippen LogP contribution in [0.2, 0.25) is 5.22 Å². The van der Waals surface area contributed by atoms with Gasteiger partial charge in [-0.3, -0.25) is 4.79 Å². The van der Waals surface area contributed by atoms with E-state index < -0.39 is 0 Å². The monoisotopic (exact) mass is 232 g/mol. The molecule has 0 saturated heterocycles. The molecule has 1 amide bonds. The van der Waals surface area contributed by atoms with Crippen LogP contribution in [-0.2, 0) is 11.2 Å². The number of aryl methyl sites for hydroxylation is 1. The van der Waals surface area contributed by atoms with Crippen LogP contribution in [0, 0.1) is 6.92 Å². The summed E-state index contributed by atoms with van der Waals surface area (Å²) in [4.78, 5) is 11.4. The van der Waals surface area contributed by atoms with Crippen LogP contribution in [0.4, 0.5) is 0 Å². The topological polar surface area (TPSA) is 75.4 Å². The van der Waals surface area contributed by atoms with E-state index in [0.29, 0.717) is 24.2 Å². The van der Waals surface area contributed by atoms with Crippen molar-refractivity contribution in [2.45, 2.75) is 19.8 Å². The van der Waals surface area contributed by atoms with E-state index in [-0.39, 0.29) is 24.2 Å². The van der Waals surface area contributed by atoms with Gasteiger partial charge in [0.1, 0.15) is 0 Å². The highest BCUT2D eigenvalue weighted by atomic mass is 35.5. The fraction of sp³-hybridized carbons (Fsp3) is 0.556. The van der Waals surface area contributed by atoms with Crippen LogP contribution in [0.3, 0.4) is 0 Å². The predicted octanol–water partition coefficient (Wildman–Crippen LogP) is 0.678. The molecular weight excluding hydrogens is 220 g/mol. The Balaban J connectivity index is 2.44. The molecule has 0 unspecified atom stereocenters. The molecule has 2 N–H and O–H groups in total. The Morgan fingerprint density at radius 3 is 2.93 bits per heavy atom. The van der Waals surface area contributed by atoms with E-state index in [1.54, 1.807) is 6.92 Å². The van der Waals surface area contributed by atoms with Gasteiger partial charge in [0, 0.05) is 18.7 Å². The molecule has 0 aliphatic heterocycles. The Morgan fingerprint density at radius 2 is 2.40 bits per heavy atom. The molecule has 0 fully saturated rings. The van der Waals surface area contributed by atoms with Crippen LogP contribution in [0.5, 0.6) is 0 Å². The molecule has 1 heterocycles. The number of rotatable bonds is 5. The van der Waals surface area contributed by atoms with Crippen molar-refractivity contribution in [2.75, 3.05) is 13.2 Å². The van der Waals surface area contributed by atoms with Crippen molar-refractivity contribution in [3.05, 3.63) is 16.5 Å². The number of nitrogens with one attached hydrogen (secondary N) is 1. The standard InChI is InChI=1S/C9H13ClN2O3/c1-6-7(9(10)15-12-6)5-8(14)11-3-2-4-13/h13H,2-5H2,1H3,(H,11,14). The summed E-state index contributed by atoms with van der Waals surface area (Å²) in [5.74, 6) is -0.156. The summed E-state index contributed by atoms with van der Waals surface area (Å²) < 4.78 is 4.72. The first-order chi connectivity index (χ1) is 7.15. The second kappa shape index (κ2) is 5.72. The number of halogens is 1. The van der Waals surface area contributed by atoms with Crippen LogP contribution >= 0.6 is 11.6 Å². The lowest BCUT2D eigenvalue weighted by Crippen LogP contribution is -2.26. The third kappa shape index (κ3) is 3.53. The molecule has 1 rings (SSSR count). The number of aliphatic hydroxyl groups is 1. The van der Waals surface area contributed by atoms with Gasteiger partial charge in [-0.25, -0.2) is 0 Å². The van der Waals surface area contributed by atoms with Crippen molar-refractivity contribution in [1.82, 2.24) is 10.5 Å². The summed E-state index contributed by atoms with van der Waals surface area (Å²) in [5.41, 5.74) is 1.23. The fourth-order valence-electron chi connectivity index (χ4n) is 1.09. The molecule has 5 nitrogen and oxygen atoms in total. The van der Waals surface area contributed by atoms with E-state index in [1.807, 2.05) is 0 Å². The molecule has 0 spiro atoms. The maximum atomic E-state index is 11.4. The maximum absolute atomic E-state index is 11.4. The Bertz CT molecular complexity index is 319. The highest BCUT2D eigenvalue weighted by Crippen LogP contribution is 2.19. The Morgan fingerprint density at radius 1 is 1.67 bits per heavy atom. The summed E-state index contributed by atoms with van der Waals surface area (Å²) in [6.07, 6.45) is 0.696. The molecule has 0 atom stereocenters. The predicted molar refractivity (Wildman–Crippen MR) is 54.7 cm³/mol. The summed E-state index contributed by atoms with van der Waals surface area (Å²) in [6, 6.07) is 0. The van der Waals surface area contributed by atoms with E-state index in [2.05, 4.69) is 10.5 Å². The van der Waals surface area contributed by atoms with Gasteiger partial charge < -0.3 is 14.9 Å². The third-order valence-corrected chi connectivity index (χ3v) is 2.23. The smallest absolute Gasteiger partial charge is 0.229 e. The molecule has 0 radical (unpaired) electrons. The average molecular weight is 233 g/mol. The first kappa shape index (κ1) is 12.0. The minimum absolute atomic E-state index is 0.0628. The Kier molecular flexibility index (Phi) is 4.58. The zero-order chi connectivity index (χ0) is 11.3. The SMILES string of the molecule is Cc1noc(Cl)c1CC(=O)NCCCO. The van der Waals surface area contributed by atoms with Crippen molar-refractivity contribution < 1.29 is 14.4 Å². The third-order valence-electron chi connectivity index (χ3n) is 1.93. The quantitative estimate of drug-likeness (QED) is 0.732. The van der Waals surface area contributed by atoms with Crippen molar-refractivity contribution in [3.63, 3.8) is 0 Å². The lowest BCUT2D eigenvalue weighted by atomic mass is 10.2. The van der Waals surface area contributed by atoms with E-state index in [1.165, 1.54) is 0 Å². The molecule has 0 aromatic carbocycles. The van der Waals surface area contributed by atoms with E-state index in [9.17, 15) is 4.79 Å². The molecule has 0 aliphatic carbocycles. The van der Waals surface area contributed by atoms with Crippen molar-refractivity contribution in [2.24, 2.45) is 0 Å². The average Bonchev–Trinajstić information content (AvgIpc) is 2.50. The van der Waals surface area contributed by atoms with Gasteiger partial charge in [-0.05, 0) is 24.9 Å². The van der Waals surface area contributed by atoms with Gasteiger partial charge in [-0.2, -0.15) is 0 Å². The molecule has 1 aromatic heterocycles.